The minimum absolute atomic E-state index is 0.531. The Labute approximate surface area is 164 Å². The summed E-state index contributed by atoms with van der Waals surface area (Å²) in [5, 5.41) is 13.4. The van der Waals surface area contributed by atoms with E-state index >= 15 is 0 Å². The van der Waals surface area contributed by atoms with E-state index in [0.717, 1.165) is 60.2 Å². The first kappa shape index (κ1) is 18.2. The first-order chi connectivity index (χ1) is 13.7. The van der Waals surface area contributed by atoms with E-state index in [4.69, 9.17) is 10.1 Å². The van der Waals surface area contributed by atoms with Gasteiger partial charge in [0.15, 0.2) is 0 Å². The number of fused-ring (bicyclic) bond motifs is 1. The van der Waals surface area contributed by atoms with Crippen LogP contribution in [0.4, 0.5) is 10.6 Å². The Kier molecular flexibility index (Phi) is 5.37. The highest BCUT2D eigenvalue weighted by Crippen LogP contribution is 2.29. The first-order valence-electron chi connectivity index (χ1n) is 9.72. The maximum atomic E-state index is 10.6. The summed E-state index contributed by atoms with van der Waals surface area (Å²) in [4.78, 5) is 22.1. The molecule has 0 atom stereocenters. The van der Waals surface area contributed by atoms with Crippen LogP contribution in [-0.4, -0.2) is 40.8 Å². The summed E-state index contributed by atoms with van der Waals surface area (Å²) in [6.45, 7) is 2.44. The zero-order chi connectivity index (χ0) is 19.3. The molecule has 0 radical (unpaired) electrons. The van der Waals surface area contributed by atoms with Crippen molar-refractivity contribution in [3.05, 3.63) is 54.9 Å². The third kappa shape index (κ3) is 4.06. The third-order valence-electron chi connectivity index (χ3n) is 5.46. The molecule has 2 aromatic heterocycles. The molecule has 3 aromatic rings. The van der Waals surface area contributed by atoms with Crippen molar-refractivity contribution >= 4 is 22.7 Å². The van der Waals surface area contributed by atoms with E-state index in [-0.39, 0.29) is 0 Å². The van der Waals surface area contributed by atoms with Crippen LogP contribution in [0.1, 0.15) is 19.3 Å². The lowest BCUT2D eigenvalue weighted by Crippen LogP contribution is -2.35. The summed E-state index contributed by atoms with van der Waals surface area (Å²) in [7, 11) is 0. The first-order valence-corrected chi connectivity index (χ1v) is 9.72. The molecular weight excluding hydrogens is 352 g/mol. The lowest BCUT2D eigenvalue weighted by molar-refractivity contribution is 0.193. The van der Waals surface area contributed by atoms with Crippen LogP contribution in [0.25, 0.3) is 22.0 Å². The number of nitrogens with zero attached hydrogens (tertiary/aromatic N) is 3. The van der Waals surface area contributed by atoms with Crippen molar-refractivity contribution in [1.82, 2.24) is 15.3 Å². The second-order valence-corrected chi connectivity index (χ2v) is 7.23. The van der Waals surface area contributed by atoms with Gasteiger partial charge in [0.2, 0.25) is 0 Å². The number of hydrogen-bond acceptors (Lipinski definition) is 4. The smallest absolute Gasteiger partial charge is 0.404 e. The topological polar surface area (TPSA) is 78.4 Å². The van der Waals surface area contributed by atoms with E-state index in [1.165, 1.54) is 0 Å². The number of amides is 1. The summed E-state index contributed by atoms with van der Waals surface area (Å²) >= 11 is 0. The van der Waals surface area contributed by atoms with Gasteiger partial charge < -0.3 is 15.3 Å². The van der Waals surface area contributed by atoms with Crippen molar-refractivity contribution in [1.29, 1.82) is 0 Å². The number of nitrogens with one attached hydrogen (secondary N) is 1. The second kappa shape index (κ2) is 8.25. The van der Waals surface area contributed by atoms with Gasteiger partial charge in [0.1, 0.15) is 5.82 Å². The minimum Gasteiger partial charge on any atom is -0.465 e. The fraction of sp³-hybridized carbons (Fsp3) is 0.318. The molecule has 3 heterocycles. The van der Waals surface area contributed by atoms with Crippen molar-refractivity contribution in [3.63, 3.8) is 0 Å². The van der Waals surface area contributed by atoms with Crippen molar-refractivity contribution in [2.75, 3.05) is 24.5 Å². The molecule has 6 heteroatoms. The Hall–Kier alpha value is -3.15. The molecule has 1 saturated heterocycles. The average Bonchev–Trinajstić information content (AvgIpc) is 2.74. The number of benzene rings is 1. The van der Waals surface area contributed by atoms with E-state index in [1.807, 2.05) is 24.5 Å². The van der Waals surface area contributed by atoms with Gasteiger partial charge in [-0.3, -0.25) is 4.98 Å². The largest absolute Gasteiger partial charge is 0.465 e. The highest BCUT2D eigenvalue weighted by atomic mass is 16.4. The number of hydrogen-bond donors (Lipinski definition) is 2. The summed E-state index contributed by atoms with van der Waals surface area (Å²) in [6.07, 6.45) is 5.78. The molecule has 0 unspecified atom stereocenters. The van der Waals surface area contributed by atoms with Gasteiger partial charge in [-0.1, -0.05) is 24.3 Å². The van der Waals surface area contributed by atoms with Crippen LogP contribution in [0.2, 0.25) is 0 Å². The van der Waals surface area contributed by atoms with Crippen LogP contribution in [0.3, 0.4) is 0 Å². The van der Waals surface area contributed by atoms with Gasteiger partial charge in [-0.15, -0.1) is 0 Å². The number of piperidine rings is 1. The van der Waals surface area contributed by atoms with E-state index < -0.39 is 6.09 Å². The molecule has 0 bridgehead atoms. The fourth-order valence-corrected chi connectivity index (χ4v) is 3.93. The highest BCUT2D eigenvalue weighted by molar-refractivity contribution is 5.95. The molecule has 1 amide bonds. The van der Waals surface area contributed by atoms with Crippen molar-refractivity contribution < 1.29 is 9.90 Å². The monoisotopic (exact) mass is 376 g/mol. The molecule has 2 N–H and O–H groups in total. The van der Waals surface area contributed by atoms with E-state index in [2.05, 4.69) is 45.5 Å². The predicted molar refractivity (Wildman–Crippen MR) is 111 cm³/mol. The summed E-state index contributed by atoms with van der Waals surface area (Å²) in [6, 6.07) is 14.5. The van der Waals surface area contributed by atoms with Crippen molar-refractivity contribution in [2.24, 2.45) is 5.92 Å². The molecular formula is C22H24N4O2. The Morgan fingerprint density at radius 3 is 2.79 bits per heavy atom. The number of rotatable bonds is 5. The lowest BCUT2D eigenvalue weighted by atomic mass is 9.93. The maximum Gasteiger partial charge on any atom is 0.404 e. The summed E-state index contributed by atoms with van der Waals surface area (Å²) in [5.74, 6) is 1.57. The minimum atomic E-state index is -0.942. The number of pyridine rings is 2. The fourth-order valence-electron chi connectivity index (χ4n) is 3.93. The second-order valence-electron chi connectivity index (χ2n) is 7.23. The number of carbonyl (C=O) groups is 1. The molecule has 0 aliphatic carbocycles. The van der Waals surface area contributed by atoms with Crippen LogP contribution >= 0.6 is 0 Å². The van der Waals surface area contributed by atoms with Crippen molar-refractivity contribution in [2.45, 2.75) is 19.3 Å². The summed E-state index contributed by atoms with van der Waals surface area (Å²) < 4.78 is 0. The average molecular weight is 376 g/mol. The standard InChI is InChI=1S/C22H24N4O2/c27-22(28)24-12-7-16-9-13-26(14-10-16)21-6-2-5-20(25-21)19-4-1-3-17-15-23-11-8-18(17)19/h1-6,8,11,15-16,24H,7,9-10,12-14H2,(H,27,28). The predicted octanol–water partition coefficient (Wildman–Crippen LogP) is 4.17. The molecule has 1 aliphatic heterocycles. The normalized spacial score (nSPS) is 14.9. The van der Waals surface area contributed by atoms with Crippen LogP contribution in [0.15, 0.2) is 54.9 Å². The van der Waals surface area contributed by atoms with Crippen LogP contribution in [0, 0.1) is 5.92 Å². The van der Waals surface area contributed by atoms with Crippen LogP contribution in [0.5, 0.6) is 0 Å². The van der Waals surface area contributed by atoms with Gasteiger partial charge in [0.05, 0.1) is 5.69 Å². The number of carboxylic acid groups (broad SMARTS) is 1. The Balaban J connectivity index is 1.47. The zero-order valence-electron chi connectivity index (χ0n) is 15.7. The van der Waals surface area contributed by atoms with Gasteiger partial charge in [-0.05, 0) is 48.8 Å². The highest BCUT2D eigenvalue weighted by Gasteiger charge is 2.20. The molecule has 0 saturated carbocycles. The third-order valence-corrected chi connectivity index (χ3v) is 5.46. The lowest BCUT2D eigenvalue weighted by Gasteiger charge is -2.33. The molecule has 144 valence electrons. The zero-order valence-corrected chi connectivity index (χ0v) is 15.7. The van der Waals surface area contributed by atoms with E-state index in [9.17, 15) is 4.79 Å². The molecule has 28 heavy (non-hydrogen) atoms. The molecule has 4 rings (SSSR count). The van der Waals surface area contributed by atoms with E-state index in [0.29, 0.717) is 12.5 Å². The molecule has 1 aromatic carbocycles. The Morgan fingerprint density at radius 1 is 1.14 bits per heavy atom. The Morgan fingerprint density at radius 2 is 1.96 bits per heavy atom. The van der Waals surface area contributed by atoms with Gasteiger partial charge >= 0.3 is 6.09 Å². The molecule has 0 spiro atoms. The summed E-state index contributed by atoms with van der Waals surface area (Å²) in [5.41, 5.74) is 2.10. The quantitative estimate of drug-likeness (QED) is 0.699. The molecule has 1 fully saturated rings. The van der Waals surface area contributed by atoms with Gasteiger partial charge in [-0.25, -0.2) is 9.78 Å². The van der Waals surface area contributed by atoms with Gasteiger partial charge in [0, 0.05) is 43.0 Å². The number of anilines is 1. The molecule has 1 aliphatic rings. The SMILES string of the molecule is O=C(O)NCCC1CCN(c2cccc(-c3cccc4cnccc34)n2)CC1. The Bertz CT molecular complexity index is 962. The van der Waals surface area contributed by atoms with Gasteiger partial charge in [0.25, 0.3) is 0 Å². The van der Waals surface area contributed by atoms with Crippen LogP contribution in [-0.2, 0) is 0 Å². The molecule has 6 nitrogen and oxygen atoms in total. The number of aromatic nitrogens is 2. The van der Waals surface area contributed by atoms with Gasteiger partial charge in [-0.2, -0.15) is 0 Å². The maximum absolute atomic E-state index is 10.6. The van der Waals surface area contributed by atoms with E-state index in [1.54, 1.807) is 0 Å². The van der Waals surface area contributed by atoms with Crippen molar-refractivity contribution in [3.8, 4) is 11.3 Å². The van der Waals surface area contributed by atoms with Crippen LogP contribution < -0.4 is 10.2 Å².